The molecule has 1 unspecified atom stereocenters. The number of hydrogen-bond donors (Lipinski definition) is 1. The molecule has 1 atom stereocenters. The van der Waals surface area contributed by atoms with Gasteiger partial charge in [0.2, 0.25) is 9.82 Å². The molecule has 0 aliphatic heterocycles. The number of alkyl halides is 3. The average molecular weight is 236 g/mol. The number of ether oxygens (including phenoxy) is 1. The minimum atomic E-state index is -4.66. The topological polar surface area (TPSA) is 29.5 Å². The Bertz CT molecular complexity index is 160. The Balaban J connectivity index is 0. The van der Waals surface area contributed by atoms with E-state index in [-0.39, 0.29) is 30.2 Å². The molecule has 0 spiro atoms. The molecule has 0 saturated heterocycles. The zero-order valence-corrected chi connectivity index (χ0v) is 7.72. The van der Waals surface area contributed by atoms with Gasteiger partial charge in [-0.3, -0.25) is 0 Å². The van der Waals surface area contributed by atoms with Crippen LogP contribution in [0.1, 0.15) is 14.4 Å². The van der Waals surface area contributed by atoms with Crippen molar-refractivity contribution in [1.29, 1.82) is 0 Å². The van der Waals surface area contributed by atoms with Crippen molar-refractivity contribution in [3.05, 3.63) is 0 Å². The van der Waals surface area contributed by atoms with Crippen LogP contribution in [0.2, 0.25) is 0 Å². The molecule has 0 aromatic rings. The quantitative estimate of drug-likeness (QED) is 0.589. The lowest BCUT2D eigenvalue weighted by Crippen LogP contribution is -2.26. The molecule has 0 saturated carbocycles. The van der Waals surface area contributed by atoms with Gasteiger partial charge in [-0.25, -0.2) is 0 Å². The summed E-state index contributed by atoms with van der Waals surface area (Å²) >= 11 is 4.45. The highest BCUT2D eigenvalue weighted by atomic mass is 32.2. The van der Waals surface area contributed by atoms with Crippen LogP contribution in [0.15, 0.2) is 0 Å². The van der Waals surface area contributed by atoms with Gasteiger partial charge in [-0.05, 0) is 30.9 Å². The fourth-order valence-electron chi connectivity index (χ4n) is 0.310. The monoisotopic (exact) mass is 236 g/mol. The van der Waals surface area contributed by atoms with Gasteiger partial charge in [0.15, 0.2) is 0 Å². The number of aliphatic hydroxyl groups is 1. The van der Waals surface area contributed by atoms with Crippen molar-refractivity contribution < 1.29 is 23.0 Å². The van der Waals surface area contributed by atoms with Crippen LogP contribution in [0.5, 0.6) is 0 Å². The van der Waals surface area contributed by atoms with Crippen molar-refractivity contribution in [2.24, 2.45) is 0 Å². The lowest BCUT2D eigenvalue weighted by molar-refractivity contribution is -0.173. The minimum absolute atomic E-state index is 0. The third-order valence-electron chi connectivity index (χ3n) is 0.750. The molecule has 2 nitrogen and oxygen atoms in total. The van der Waals surface area contributed by atoms with Gasteiger partial charge >= 0.3 is 6.18 Å². The second kappa shape index (κ2) is 6.44. The van der Waals surface area contributed by atoms with E-state index in [1.165, 1.54) is 0 Å². The Hall–Kier alpha value is -0.0100. The summed E-state index contributed by atoms with van der Waals surface area (Å²) in [4.78, 5) is 0. The van der Waals surface area contributed by atoms with Gasteiger partial charge in [-0.2, -0.15) is 13.2 Å². The molecule has 7 heteroatoms. The second-order valence-electron chi connectivity index (χ2n) is 1.69. The Kier molecular flexibility index (Phi) is 7.67. The molecule has 0 aromatic heterocycles. The van der Waals surface area contributed by atoms with E-state index in [0.29, 0.717) is 0 Å². The van der Waals surface area contributed by atoms with Crippen LogP contribution in [-0.4, -0.2) is 27.7 Å². The molecule has 13 heavy (non-hydrogen) atoms. The maximum Gasteiger partial charge on any atom is 0.424 e. The molecule has 0 fully saturated rings. The number of hydrogen-bond acceptors (Lipinski definition) is 4. The van der Waals surface area contributed by atoms with Crippen molar-refractivity contribution in [1.82, 2.24) is 0 Å². The molecule has 0 heterocycles. The first-order chi connectivity index (χ1) is 5.38. The maximum absolute atomic E-state index is 11.7. The number of aliphatic hydroxyl groups excluding tert-OH is 1. The van der Waals surface area contributed by atoms with Crippen LogP contribution in [0.3, 0.4) is 0 Å². The molecule has 1 N–H and O–H groups in total. The highest BCUT2D eigenvalue weighted by Crippen LogP contribution is 2.29. The number of halogens is 3. The Morgan fingerprint density at radius 1 is 1.62 bits per heavy atom. The Morgan fingerprint density at radius 2 is 2.08 bits per heavy atom. The average Bonchev–Trinajstić information content (AvgIpc) is 1.85. The first kappa shape index (κ1) is 15.5. The van der Waals surface area contributed by atoms with Gasteiger partial charge in [-0.1, -0.05) is 7.43 Å². The molecule has 0 aromatic carbocycles. The molecule has 0 aliphatic carbocycles. The minimum Gasteiger partial charge on any atom is -0.479 e. The predicted molar refractivity (Wildman–Crippen MR) is 50.6 cm³/mol. The maximum atomic E-state index is 11.7. The van der Waals surface area contributed by atoms with Crippen molar-refractivity contribution >= 4 is 28.4 Å². The summed E-state index contributed by atoms with van der Waals surface area (Å²) < 4.78 is 39.2. The van der Waals surface area contributed by atoms with Gasteiger partial charge in [-0.15, -0.1) is 0 Å². The first-order valence-electron chi connectivity index (χ1n) is 2.96. The SMILES string of the molecule is C.CCOC(=S)SC(O)C(F)(F)F. The third kappa shape index (κ3) is 7.09. The van der Waals surface area contributed by atoms with E-state index in [1.807, 2.05) is 0 Å². The van der Waals surface area contributed by atoms with Crippen LogP contribution < -0.4 is 0 Å². The number of rotatable bonds is 2. The van der Waals surface area contributed by atoms with Gasteiger partial charge in [0.1, 0.15) is 0 Å². The number of thioether (sulfide) groups is 1. The van der Waals surface area contributed by atoms with E-state index in [0.717, 1.165) is 0 Å². The lowest BCUT2D eigenvalue weighted by Gasteiger charge is -2.13. The largest absolute Gasteiger partial charge is 0.479 e. The molecule has 0 radical (unpaired) electrons. The van der Waals surface area contributed by atoms with Gasteiger partial charge in [0, 0.05) is 0 Å². The van der Waals surface area contributed by atoms with Gasteiger partial charge in [0.05, 0.1) is 6.61 Å². The van der Waals surface area contributed by atoms with Crippen molar-refractivity contribution in [2.45, 2.75) is 26.0 Å². The summed E-state index contributed by atoms with van der Waals surface area (Å²) in [7, 11) is 0. The van der Waals surface area contributed by atoms with Crippen LogP contribution in [0.4, 0.5) is 13.2 Å². The summed E-state index contributed by atoms with van der Waals surface area (Å²) in [6, 6.07) is 0. The van der Waals surface area contributed by atoms with Crippen molar-refractivity contribution in [3.8, 4) is 0 Å². The van der Waals surface area contributed by atoms with E-state index in [1.54, 1.807) is 6.92 Å². The van der Waals surface area contributed by atoms with E-state index < -0.39 is 11.6 Å². The van der Waals surface area contributed by atoms with Crippen molar-refractivity contribution in [3.63, 3.8) is 0 Å². The van der Waals surface area contributed by atoms with Crippen LogP contribution >= 0.6 is 24.0 Å². The zero-order chi connectivity index (χ0) is 9.78. The zero-order valence-electron chi connectivity index (χ0n) is 6.09. The highest BCUT2D eigenvalue weighted by Gasteiger charge is 2.39. The van der Waals surface area contributed by atoms with Crippen LogP contribution in [0.25, 0.3) is 0 Å². The fourth-order valence-corrected chi connectivity index (χ4v) is 1.20. The summed E-state index contributed by atoms with van der Waals surface area (Å²) in [5.74, 6) is 0. The second-order valence-corrected chi connectivity index (χ2v) is 3.38. The summed E-state index contributed by atoms with van der Waals surface area (Å²) in [5.41, 5.74) is -2.50. The molecule has 0 bridgehead atoms. The summed E-state index contributed by atoms with van der Waals surface area (Å²) in [6.07, 6.45) is -4.66. The molecular formula is C6H11F3O2S2. The van der Waals surface area contributed by atoms with Crippen LogP contribution in [0, 0.1) is 0 Å². The molecular weight excluding hydrogens is 225 g/mol. The molecule has 0 amide bonds. The summed E-state index contributed by atoms with van der Waals surface area (Å²) in [5, 5.41) is 8.45. The molecule has 0 aliphatic rings. The van der Waals surface area contributed by atoms with E-state index in [9.17, 15) is 13.2 Å². The third-order valence-corrected chi connectivity index (χ3v) is 1.96. The predicted octanol–water partition coefficient (Wildman–Crippen LogP) is 2.56. The Labute approximate surface area is 84.5 Å². The van der Waals surface area contributed by atoms with E-state index in [4.69, 9.17) is 5.11 Å². The standard InChI is InChI=1S/C5H7F3O2S2.CH4/c1-2-10-4(11)12-3(9)5(6,7)8;/h3,9H,2H2,1H3;1H4. The highest BCUT2D eigenvalue weighted by molar-refractivity contribution is 8.22. The van der Waals surface area contributed by atoms with Crippen molar-refractivity contribution in [2.75, 3.05) is 6.61 Å². The fraction of sp³-hybridized carbons (Fsp3) is 0.833. The smallest absolute Gasteiger partial charge is 0.424 e. The Morgan fingerprint density at radius 3 is 2.38 bits per heavy atom. The van der Waals surface area contributed by atoms with Gasteiger partial charge in [0.25, 0.3) is 0 Å². The van der Waals surface area contributed by atoms with Crippen LogP contribution in [-0.2, 0) is 4.74 Å². The lowest BCUT2D eigenvalue weighted by atomic mass is 10.7. The van der Waals surface area contributed by atoms with E-state index in [2.05, 4.69) is 17.0 Å². The molecule has 80 valence electrons. The molecule has 0 rings (SSSR count). The number of thiocarbonyl (C=S) groups is 1. The normalized spacial score (nSPS) is 13.0. The first-order valence-corrected chi connectivity index (χ1v) is 4.25. The van der Waals surface area contributed by atoms with Gasteiger partial charge < -0.3 is 9.84 Å². The summed E-state index contributed by atoms with van der Waals surface area (Å²) in [6.45, 7) is 1.78. The van der Waals surface area contributed by atoms with E-state index >= 15 is 0 Å².